The predicted octanol–water partition coefficient (Wildman–Crippen LogP) is 1.17. The van der Waals surface area contributed by atoms with Gasteiger partial charge in [0.25, 0.3) is 0 Å². The highest BCUT2D eigenvalue weighted by Crippen LogP contribution is 2.11. The lowest BCUT2D eigenvalue weighted by Crippen LogP contribution is -2.38. The van der Waals surface area contributed by atoms with Crippen molar-refractivity contribution in [1.82, 2.24) is 20.2 Å². The summed E-state index contributed by atoms with van der Waals surface area (Å²) >= 11 is 0. The van der Waals surface area contributed by atoms with E-state index in [1.807, 2.05) is 12.5 Å². The number of carbonyl (C=O) groups is 1. The first-order valence-electron chi connectivity index (χ1n) is 7.30. The van der Waals surface area contributed by atoms with Crippen LogP contribution in [-0.2, 0) is 11.3 Å². The van der Waals surface area contributed by atoms with Crippen LogP contribution in [0.4, 0.5) is 0 Å². The predicted molar refractivity (Wildman–Crippen MR) is 74.7 cm³/mol. The molecule has 5 nitrogen and oxygen atoms in total. The fraction of sp³-hybridized carbons (Fsp3) is 0.714. The monoisotopic (exact) mass is 264 g/mol. The van der Waals surface area contributed by atoms with Crippen LogP contribution in [0.1, 0.15) is 32.1 Å². The largest absolute Gasteiger partial charge is 0.356 e. The maximum atomic E-state index is 11.9. The Labute approximate surface area is 114 Å². The molecule has 1 amide bonds. The molecule has 1 aromatic rings. The summed E-state index contributed by atoms with van der Waals surface area (Å²) in [5.41, 5.74) is 0. The second-order valence-corrected chi connectivity index (χ2v) is 5.18. The Hall–Kier alpha value is -1.36. The van der Waals surface area contributed by atoms with E-state index in [9.17, 15) is 4.79 Å². The van der Waals surface area contributed by atoms with E-state index >= 15 is 0 Å². The molecule has 1 aromatic heterocycles. The van der Waals surface area contributed by atoms with E-state index in [-0.39, 0.29) is 11.8 Å². The molecule has 0 radical (unpaired) electrons. The lowest BCUT2D eigenvalue weighted by molar-refractivity contribution is -0.125. The van der Waals surface area contributed by atoms with E-state index in [2.05, 4.69) is 20.2 Å². The second kappa shape index (κ2) is 7.94. The zero-order valence-electron chi connectivity index (χ0n) is 11.5. The van der Waals surface area contributed by atoms with Crippen molar-refractivity contribution in [3.05, 3.63) is 18.7 Å². The highest BCUT2D eigenvalue weighted by molar-refractivity contribution is 5.78. The maximum Gasteiger partial charge on any atom is 0.223 e. The second-order valence-electron chi connectivity index (χ2n) is 5.18. The van der Waals surface area contributed by atoms with Crippen molar-refractivity contribution in [1.29, 1.82) is 0 Å². The summed E-state index contributed by atoms with van der Waals surface area (Å²) in [5.74, 6) is 0.475. The third-order valence-corrected chi connectivity index (χ3v) is 3.66. The van der Waals surface area contributed by atoms with E-state index < -0.39 is 0 Å². The average Bonchev–Trinajstić information content (AvgIpc) is 2.96. The van der Waals surface area contributed by atoms with Crippen LogP contribution < -0.4 is 10.6 Å². The molecule has 2 rings (SSSR count). The van der Waals surface area contributed by atoms with Gasteiger partial charge in [-0.25, -0.2) is 4.98 Å². The minimum Gasteiger partial charge on any atom is -0.356 e. The number of nitrogens with one attached hydrogen (secondary N) is 2. The van der Waals surface area contributed by atoms with Crippen molar-refractivity contribution >= 4 is 5.91 Å². The van der Waals surface area contributed by atoms with Crippen molar-refractivity contribution in [3.63, 3.8) is 0 Å². The summed E-state index contributed by atoms with van der Waals surface area (Å²) in [7, 11) is 0. The highest BCUT2D eigenvalue weighted by atomic mass is 16.1. The van der Waals surface area contributed by atoms with Gasteiger partial charge in [-0.1, -0.05) is 0 Å². The first-order valence-corrected chi connectivity index (χ1v) is 7.30. The lowest BCUT2D eigenvalue weighted by atomic mass is 9.97. The molecule has 0 aliphatic carbocycles. The highest BCUT2D eigenvalue weighted by Gasteiger charge is 2.19. The minimum atomic E-state index is 0.229. The average molecular weight is 264 g/mol. The Bertz CT molecular complexity index is 358. The molecule has 5 heteroatoms. The third kappa shape index (κ3) is 5.03. The zero-order valence-corrected chi connectivity index (χ0v) is 11.5. The number of piperidine rings is 1. The number of nitrogens with zero attached hydrogens (tertiary/aromatic N) is 2. The van der Waals surface area contributed by atoms with Gasteiger partial charge in [0.2, 0.25) is 5.91 Å². The first kappa shape index (κ1) is 14.1. The number of hydrogen-bond acceptors (Lipinski definition) is 3. The van der Waals surface area contributed by atoms with Gasteiger partial charge < -0.3 is 15.2 Å². The minimum absolute atomic E-state index is 0.229. The van der Waals surface area contributed by atoms with E-state index in [0.29, 0.717) is 0 Å². The molecule has 0 unspecified atom stereocenters. The van der Waals surface area contributed by atoms with E-state index in [0.717, 1.165) is 58.3 Å². The van der Waals surface area contributed by atoms with Crippen LogP contribution >= 0.6 is 0 Å². The smallest absolute Gasteiger partial charge is 0.223 e. The molecule has 0 atom stereocenters. The van der Waals surface area contributed by atoms with E-state index in [1.54, 1.807) is 6.20 Å². The number of rotatable bonds is 7. The van der Waals surface area contributed by atoms with Gasteiger partial charge in [-0.15, -0.1) is 0 Å². The summed E-state index contributed by atoms with van der Waals surface area (Å²) in [6.45, 7) is 3.78. The zero-order chi connectivity index (χ0) is 13.3. The molecule has 106 valence electrons. The summed E-state index contributed by atoms with van der Waals surface area (Å²) < 4.78 is 2.09. The van der Waals surface area contributed by atoms with Crippen LogP contribution in [0.15, 0.2) is 18.7 Å². The molecule has 19 heavy (non-hydrogen) atoms. The molecule has 1 saturated heterocycles. The topological polar surface area (TPSA) is 59.0 Å². The Morgan fingerprint density at radius 1 is 1.32 bits per heavy atom. The van der Waals surface area contributed by atoms with Crippen LogP contribution in [0, 0.1) is 5.92 Å². The Balaban J connectivity index is 1.48. The van der Waals surface area contributed by atoms with E-state index in [1.165, 1.54) is 0 Å². The van der Waals surface area contributed by atoms with Crippen molar-refractivity contribution in [2.75, 3.05) is 19.6 Å². The van der Waals surface area contributed by atoms with Gasteiger partial charge in [-0.2, -0.15) is 0 Å². The Morgan fingerprint density at radius 3 is 2.89 bits per heavy atom. The van der Waals surface area contributed by atoms with E-state index in [4.69, 9.17) is 0 Å². The fourth-order valence-corrected chi connectivity index (χ4v) is 2.46. The molecule has 0 saturated carbocycles. The van der Waals surface area contributed by atoms with Gasteiger partial charge in [0.05, 0.1) is 6.33 Å². The molecule has 2 N–H and O–H groups in total. The molecule has 1 fully saturated rings. The van der Waals surface area contributed by atoms with Gasteiger partial charge >= 0.3 is 0 Å². The van der Waals surface area contributed by atoms with Crippen LogP contribution in [0.2, 0.25) is 0 Å². The van der Waals surface area contributed by atoms with Crippen LogP contribution in [-0.4, -0.2) is 35.1 Å². The van der Waals surface area contributed by atoms with Gasteiger partial charge in [0.15, 0.2) is 0 Å². The van der Waals surface area contributed by atoms with Gasteiger partial charge in [-0.05, 0) is 45.2 Å². The quantitative estimate of drug-likeness (QED) is 0.727. The fourth-order valence-electron chi connectivity index (χ4n) is 2.46. The number of aromatic nitrogens is 2. The number of carbonyl (C=O) groups excluding carboxylic acids is 1. The molecular formula is C14H24N4O. The van der Waals surface area contributed by atoms with Crippen LogP contribution in [0.3, 0.4) is 0 Å². The SMILES string of the molecule is O=C(NCCCCCn1ccnc1)C1CCNCC1. The molecule has 0 aromatic carbocycles. The summed E-state index contributed by atoms with van der Waals surface area (Å²) in [6, 6.07) is 0. The van der Waals surface area contributed by atoms with Gasteiger partial charge in [0.1, 0.15) is 0 Å². The molecule has 2 heterocycles. The normalized spacial score (nSPS) is 16.4. The summed E-state index contributed by atoms with van der Waals surface area (Å²) in [6.07, 6.45) is 10.9. The number of hydrogen-bond donors (Lipinski definition) is 2. The van der Waals surface area contributed by atoms with Crippen molar-refractivity contribution in [3.8, 4) is 0 Å². The summed E-state index contributed by atoms with van der Waals surface area (Å²) in [4.78, 5) is 15.9. The Kier molecular flexibility index (Phi) is 5.88. The molecule has 1 aliphatic heterocycles. The number of imidazole rings is 1. The van der Waals surface area contributed by atoms with Crippen LogP contribution in [0.25, 0.3) is 0 Å². The third-order valence-electron chi connectivity index (χ3n) is 3.66. The van der Waals surface area contributed by atoms with Crippen LogP contribution in [0.5, 0.6) is 0 Å². The molecular weight excluding hydrogens is 240 g/mol. The Morgan fingerprint density at radius 2 is 2.16 bits per heavy atom. The maximum absolute atomic E-state index is 11.9. The number of aryl methyl sites for hydroxylation is 1. The molecule has 0 spiro atoms. The van der Waals surface area contributed by atoms with Crippen molar-refractivity contribution in [2.24, 2.45) is 5.92 Å². The molecule has 0 bridgehead atoms. The standard InChI is InChI=1S/C14H24N4O/c19-14(13-4-7-15-8-5-13)17-6-2-1-3-10-18-11-9-16-12-18/h9,11-13,15H,1-8,10H2,(H,17,19). The number of unbranched alkanes of at least 4 members (excludes halogenated alkanes) is 2. The molecule has 1 aliphatic rings. The van der Waals surface area contributed by atoms with Gasteiger partial charge in [-0.3, -0.25) is 4.79 Å². The number of amides is 1. The van der Waals surface area contributed by atoms with Crippen molar-refractivity contribution in [2.45, 2.75) is 38.6 Å². The lowest BCUT2D eigenvalue weighted by Gasteiger charge is -2.21. The van der Waals surface area contributed by atoms with Crippen molar-refractivity contribution < 1.29 is 4.79 Å². The first-order chi connectivity index (χ1) is 9.36. The van der Waals surface area contributed by atoms with Gasteiger partial charge in [0, 0.05) is 31.4 Å². The summed E-state index contributed by atoms with van der Waals surface area (Å²) in [5, 5.41) is 6.34.